The Labute approximate surface area is 129 Å². The van der Waals surface area contributed by atoms with E-state index in [1.807, 2.05) is 62.5 Å². The van der Waals surface area contributed by atoms with Crippen LogP contribution in [0.2, 0.25) is 5.02 Å². The Morgan fingerprint density at radius 1 is 1.05 bits per heavy atom. The molecule has 0 aliphatic carbocycles. The summed E-state index contributed by atoms with van der Waals surface area (Å²) in [7, 11) is 1.85. The third-order valence-corrected chi connectivity index (χ3v) is 4.09. The van der Waals surface area contributed by atoms with Gasteiger partial charge < -0.3 is 5.73 Å². The number of aryl methyl sites for hydroxylation is 1. The molecule has 3 aromatic rings. The van der Waals surface area contributed by atoms with Gasteiger partial charge in [0, 0.05) is 17.6 Å². The molecule has 0 unspecified atom stereocenters. The van der Waals surface area contributed by atoms with Crippen molar-refractivity contribution in [2.45, 2.75) is 6.92 Å². The number of benzene rings is 2. The first-order valence-electron chi connectivity index (χ1n) is 6.73. The maximum atomic E-state index is 6.24. The molecule has 0 amide bonds. The summed E-state index contributed by atoms with van der Waals surface area (Å²) in [6.45, 7) is 2.00. The number of anilines is 1. The van der Waals surface area contributed by atoms with Crippen molar-refractivity contribution in [3.8, 4) is 22.4 Å². The normalized spacial score (nSPS) is 10.8. The number of nitrogens with zero attached hydrogens (tertiary/aromatic N) is 2. The van der Waals surface area contributed by atoms with Crippen LogP contribution in [0.15, 0.2) is 48.5 Å². The highest BCUT2D eigenvalue weighted by molar-refractivity contribution is 6.31. The summed E-state index contributed by atoms with van der Waals surface area (Å²) in [4.78, 5) is 0. The summed E-state index contributed by atoms with van der Waals surface area (Å²) < 4.78 is 1.71. The molecule has 0 bridgehead atoms. The van der Waals surface area contributed by atoms with Crippen molar-refractivity contribution in [1.82, 2.24) is 9.78 Å². The number of hydrogen-bond acceptors (Lipinski definition) is 2. The third kappa shape index (κ3) is 2.30. The first-order valence-corrected chi connectivity index (χ1v) is 7.10. The van der Waals surface area contributed by atoms with E-state index in [9.17, 15) is 0 Å². The lowest BCUT2D eigenvalue weighted by atomic mass is 9.98. The molecule has 3 rings (SSSR count). The van der Waals surface area contributed by atoms with Crippen molar-refractivity contribution in [2.24, 2.45) is 7.05 Å². The predicted octanol–water partition coefficient (Wildman–Crippen LogP) is 4.30. The van der Waals surface area contributed by atoms with Gasteiger partial charge in [-0.05, 0) is 24.1 Å². The van der Waals surface area contributed by atoms with Gasteiger partial charge in [0.25, 0.3) is 0 Å². The fourth-order valence-electron chi connectivity index (χ4n) is 2.48. The quantitative estimate of drug-likeness (QED) is 0.766. The molecule has 106 valence electrons. The number of hydrogen-bond donors (Lipinski definition) is 1. The van der Waals surface area contributed by atoms with Gasteiger partial charge >= 0.3 is 0 Å². The highest BCUT2D eigenvalue weighted by atomic mass is 35.5. The van der Waals surface area contributed by atoms with Crippen molar-refractivity contribution in [3.63, 3.8) is 0 Å². The first kappa shape index (κ1) is 13.7. The topological polar surface area (TPSA) is 43.8 Å². The molecule has 0 aliphatic rings. The molecule has 21 heavy (non-hydrogen) atoms. The second kappa shape index (κ2) is 5.26. The largest absolute Gasteiger partial charge is 0.383 e. The van der Waals surface area contributed by atoms with Crippen molar-refractivity contribution in [2.75, 3.05) is 5.73 Å². The van der Waals surface area contributed by atoms with Gasteiger partial charge in [-0.15, -0.1) is 0 Å². The molecule has 0 aliphatic heterocycles. The Bertz CT molecular complexity index is 791. The monoisotopic (exact) mass is 297 g/mol. The number of nitrogens with two attached hydrogens (primary N) is 1. The molecule has 2 N–H and O–H groups in total. The van der Waals surface area contributed by atoms with E-state index < -0.39 is 0 Å². The molecule has 3 nitrogen and oxygen atoms in total. The van der Waals surface area contributed by atoms with Gasteiger partial charge in [0.1, 0.15) is 11.5 Å². The molecule has 1 aromatic heterocycles. The van der Waals surface area contributed by atoms with Crippen LogP contribution in [0.5, 0.6) is 0 Å². The molecule has 4 heteroatoms. The highest BCUT2D eigenvalue weighted by Crippen LogP contribution is 2.38. The van der Waals surface area contributed by atoms with Crippen molar-refractivity contribution in [1.29, 1.82) is 0 Å². The maximum Gasteiger partial charge on any atom is 0.129 e. The lowest BCUT2D eigenvalue weighted by molar-refractivity contribution is 0.782. The van der Waals surface area contributed by atoms with Crippen molar-refractivity contribution in [3.05, 3.63) is 59.1 Å². The molecule has 1 heterocycles. The average Bonchev–Trinajstić information content (AvgIpc) is 2.78. The lowest BCUT2D eigenvalue weighted by Gasteiger charge is -2.08. The van der Waals surface area contributed by atoms with Crippen molar-refractivity contribution < 1.29 is 0 Å². The highest BCUT2D eigenvalue weighted by Gasteiger charge is 2.19. The van der Waals surface area contributed by atoms with Crippen LogP contribution in [0.25, 0.3) is 22.4 Å². The fourth-order valence-corrected chi connectivity index (χ4v) is 2.65. The molecular formula is C17H16ClN3. The van der Waals surface area contributed by atoms with Crippen LogP contribution in [-0.2, 0) is 7.05 Å². The third-order valence-electron chi connectivity index (χ3n) is 3.68. The van der Waals surface area contributed by atoms with Crippen LogP contribution in [0.3, 0.4) is 0 Å². The van der Waals surface area contributed by atoms with E-state index in [4.69, 9.17) is 17.3 Å². The molecular weight excluding hydrogens is 282 g/mol. The maximum absolute atomic E-state index is 6.24. The minimum absolute atomic E-state index is 0.649. The summed E-state index contributed by atoms with van der Waals surface area (Å²) in [6, 6.07) is 15.9. The number of aromatic nitrogens is 2. The van der Waals surface area contributed by atoms with E-state index in [1.54, 1.807) is 4.68 Å². The molecule has 0 saturated carbocycles. The van der Waals surface area contributed by atoms with Gasteiger partial charge in [0.15, 0.2) is 0 Å². The van der Waals surface area contributed by atoms with E-state index in [2.05, 4.69) is 5.10 Å². The van der Waals surface area contributed by atoms with Gasteiger partial charge in [-0.2, -0.15) is 5.10 Å². The Morgan fingerprint density at radius 2 is 1.76 bits per heavy atom. The number of halogens is 1. The SMILES string of the molecule is Cc1c(Cl)cccc1-c1nn(C)c(N)c1-c1ccccc1. The molecule has 0 spiro atoms. The Balaban J connectivity index is 2.30. The van der Waals surface area contributed by atoms with E-state index >= 15 is 0 Å². The van der Waals surface area contributed by atoms with E-state index in [1.165, 1.54) is 0 Å². The molecule has 0 atom stereocenters. The average molecular weight is 298 g/mol. The Hall–Kier alpha value is -2.26. The first-order chi connectivity index (χ1) is 10.1. The molecule has 0 saturated heterocycles. The van der Waals surface area contributed by atoms with Crippen molar-refractivity contribution >= 4 is 17.4 Å². The van der Waals surface area contributed by atoms with Crippen LogP contribution in [0, 0.1) is 6.92 Å². The smallest absolute Gasteiger partial charge is 0.129 e. The standard InChI is InChI=1S/C17H16ClN3/c1-11-13(9-6-10-14(11)18)16-15(17(19)21(2)20-16)12-7-4-3-5-8-12/h3-10H,19H2,1-2H3. The second-order valence-corrected chi connectivity index (χ2v) is 5.42. The van der Waals surface area contributed by atoms with Crippen LogP contribution in [-0.4, -0.2) is 9.78 Å². The van der Waals surface area contributed by atoms with Crippen LogP contribution >= 0.6 is 11.6 Å². The fraction of sp³-hybridized carbons (Fsp3) is 0.118. The number of rotatable bonds is 2. The van der Waals surface area contributed by atoms with Crippen LogP contribution in [0.4, 0.5) is 5.82 Å². The zero-order valence-electron chi connectivity index (χ0n) is 12.0. The molecule has 0 fully saturated rings. The van der Waals surface area contributed by atoms with Crippen LogP contribution < -0.4 is 5.73 Å². The van der Waals surface area contributed by atoms with Gasteiger partial charge in [0.2, 0.25) is 0 Å². The van der Waals surface area contributed by atoms with Gasteiger partial charge in [-0.1, -0.05) is 54.1 Å². The van der Waals surface area contributed by atoms with E-state index in [0.717, 1.165) is 33.0 Å². The second-order valence-electron chi connectivity index (χ2n) is 5.01. The Morgan fingerprint density at radius 3 is 2.48 bits per heavy atom. The number of nitrogen functional groups attached to an aromatic ring is 1. The van der Waals surface area contributed by atoms with E-state index in [0.29, 0.717) is 5.82 Å². The zero-order chi connectivity index (χ0) is 15.0. The molecule has 0 radical (unpaired) electrons. The summed E-state index contributed by atoms with van der Waals surface area (Å²) in [5.74, 6) is 0.649. The molecule has 2 aromatic carbocycles. The predicted molar refractivity (Wildman–Crippen MR) is 88.2 cm³/mol. The summed E-state index contributed by atoms with van der Waals surface area (Å²) in [5, 5.41) is 5.32. The zero-order valence-corrected chi connectivity index (χ0v) is 12.7. The van der Waals surface area contributed by atoms with E-state index in [-0.39, 0.29) is 0 Å². The summed E-state index contributed by atoms with van der Waals surface area (Å²) in [6.07, 6.45) is 0. The minimum atomic E-state index is 0.649. The minimum Gasteiger partial charge on any atom is -0.383 e. The summed E-state index contributed by atoms with van der Waals surface area (Å²) >= 11 is 6.24. The summed E-state index contributed by atoms with van der Waals surface area (Å²) in [5.41, 5.74) is 11.1. The van der Waals surface area contributed by atoms with Gasteiger partial charge in [0.05, 0.1) is 5.56 Å². The van der Waals surface area contributed by atoms with Crippen LogP contribution in [0.1, 0.15) is 5.56 Å². The Kier molecular flexibility index (Phi) is 3.43. The lowest BCUT2D eigenvalue weighted by Crippen LogP contribution is -1.97. The van der Waals surface area contributed by atoms with Gasteiger partial charge in [-0.3, -0.25) is 4.68 Å². The van der Waals surface area contributed by atoms with Gasteiger partial charge in [-0.25, -0.2) is 0 Å².